The summed E-state index contributed by atoms with van der Waals surface area (Å²) in [6.07, 6.45) is 9.53. The summed E-state index contributed by atoms with van der Waals surface area (Å²) in [5.41, 5.74) is 2.93. The van der Waals surface area contributed by atoms with Gasteiger partial charge in [0.2, 0.25) is 0 Å². The fourth-order valence-electron chi connectivity index (χ4n) is 5.16. The Kier molecular flexibility index (Phi) is 4.81. The highest BCUT2D eigenvalue weighted by Gasteiger charge is 2.38. The van der Waals surface area contributed by atoms with Crippen LogP contribution in [0.25, 0.3) is 0 Å². The maximum absolute atomic E-state index is 6.11. The van der Waals surface area contributed by atoms with Crippen molar-refractivity contribution in [1.29, 1.82) is 0 Å². The van der Waals surface area contributed by atoms with Crippen molar-refractivity contribution in [3.8, 4) is 11.5 Å². The Balaban J connectivity index is 1.34. The molecule has 2 atom stereocenters. The number of rotatable bonds is 6. The minimum absolute atomic E-state index is 0.503. The minimum atomic E-state index is 0.503. The summed E-state index contributed by atoms with van der Waals surface area (Å²) in [6, 6.07) is 5.78. The first-order valence-corrected chi connectivity index (χ1v) is 11.0. The largest absolute Gasteiger partial charge is 0.493 e. The summed E-state index contributed by atoms with van der Waals surface area (Å²) < 4.78 is 11.8. The number of benzene rings is 1. The van der Waals surface area contributed by atoms with Gasteiger partial charge in [-0.2, -0.15) is 0 Å². The Hall–Kier alpha value is -1.26. The van der Waals surface area contributed by atoms with Gasteiger partial charge < -0.3 is 14.4 Å². The van der Waals surface area contributed by atoms with Crippen molar-refractivity contribution in [2.45, 2.75) is 57.0 Å². The van der Waals surface area contributed by atoms with Crippen molar-refractivity contribution in [2.24, 2.45) is 11.8 Å². The highest BCUT2D eigenvalue weighted by Crippen LogP contribution is 2.42. The standard InChI is InChI=1S/C23H34N2O2/c1-24-14-21-20-12-22(26-2)23(27-15-17-6-7-17)11-18(20)8-9-25(21)13-19(24)10-16-4-3-5-16/h11-12,16-17,19,21H,3-10,13-15H2,1-2H3/t19-,21?/m1/s1. The SMILES string of the molecule is COc1cc2c(cc1OCC1CC1)CCN1C[C@@H](CC3CCC3)N(C)CC21. The first-order chi connectivity index (χ1) is 13.2. The molecule has 5 rings (SSSR count). The van der Waals surface area contributed by atoms with Gasteiger partial charge in [0, 0.05) is 31.7 Å². The van der Waals surface area contributed by atoms with E-state index in [-0.39, 0.29) is 0 Å². The van der Waals surface area contributed by atoms with Crippen molar-refractivity contribution >= 4 is 0 Å². The van der Waals surface area contributed by atoms with Crippen molar-refractivity contribution in [1.82, 2.24) is 9.80 Å². The van der Waals surface area contributed by atoms with E-state index in [1.54, 1.807) is 7.11 Å². The molecule has 1 saturated heterocycles. The molecule has 0 spiro atoms. The number of hydrogen-bond donors (Lipinski definition) is 0. The number of ether oxygens (including phenoxy) is 2. The zero-order chi connectivity index (χ0) is 18.4. The summed E-state index contributed by atoms with van der Waals surface area (Å²) in [5, 5.41) is 0. The van der Waals surface area contributed by atoms with Gasteiger partial charge in [-0.1, -0.05) is 19.3 Å². The predicted octanol–water partition coefficient (Wildman–Crippen LogP) is 3.89. The Bertz CT molecular complexity index is 683. The molecule has 2 aliphatic heterocycles. The van der Waals surface area contributed by atoms with Crippen molar-refractivity contribution < 1.29 is 9.47 Å². The second-order valence-corrected chi connectivity index (χ2v) is 9.34. The molecular formula is C23H34N2O2. The normalized spacial score (nSPS) is 29.0. The highest BCUT2D eigenvalue weighted by atomic mass is 16.5. The van der Waals surface area contributed by atoms with Crippen LogP contribution >= 0.6 is 0 Å². The van der Waals surface area contributed by atoms with E-state index < -0.39 is 0 Å². The molecule has 27 heavy (non-hydrogen) atoms. The molecular weight excluding hydrogens is 336 g/mol. The van der Waals surface area contributed by atoms with E-state index in [2.05, 4.69) is 29.0 Å². The molecule has 1 aromatic rings. The molecule has 1 unspecified atom stereocenters. The third kappa shape index (κ3) is 3.58. The predicted molar refractivity (Wildman–Crippen MR) is 108 cm³/mol. The third-order valence-corrected chi connectivity index (χ3v) is 7.42. The molecule has 148 valence electrons. The van der Waals surface area contributed by atoms with Crippen LogP contribution in [-0.4, -0.2) is 56.2 Å². The fourth-order valence-corrected chi connectivity index (χ4v) is 5.16. The summed E-state index contributed by atoms with van der Waals surface area (Å²) in [5.74, 6) is 3.61. The van der Waals surface area contributed by atoms with E-state index >= 15 is 0 Å². The van der Waals surface area contributed by atoms with Crippen LogP contribution in [-0.2, 0) is 6.42 Å². The van der Waals surface area contributed by atoms with Crippen LogP contribution in [0.4, 0.5) is 0 Å². The van der Waals surface area contributed by atoms with E-state index in [9.17, 15) is 0 Å². The van der Waals surface area contributed by atoms with Gasteiger partial charge in [0.1, 0.15) is 0 Å². The molecule has 0 bridgehead atoms. The monoisotopic (exact) mass is 370 g/mol. The number of methoxy groups -OCH3 is 1. The van der Waals surface area contributed by atoms with Crippen LogP contribution in [0.15, 0.2) is 12.1 Å². The molecule has 4 heteroatoms. The van der Waals surface area contributed by atoms with Gasteiger partial charge >= 0.3 is 0 Å². The van der Waals surface area contributed by atoms with Crippen LogP contribution in [0.5, 0.6) is 11.5 Å². The molecule has 2 heterocycles. The third-order valence-electron chi connectivity index (χ3n) is 7.42. The molecule has 1 aromatic carbocycles. The second kappa shape index (κ2) is 7.29. The van der Waals surface area contributed by atoms with Gasteiger partial charge in [-0.05, 0) is 67.8 Å². The van der Waals surface area contributed by atoms with E-state index in [1.807, 2.05) is 0 Å². The van der Waals surface area contributed by atoms with Gasteiger partial charge in [-0.3, -0.25) is 4.90 Å². The summed E-state index contributed by atoms with van der Waals surface area (Å²) in [4.78, 5) is 5.36. The van der Waals surface area contributed by atoms with Gasteiger partial charge in [-0.15, -0.1) is 0 Å². The zero-order valence-corrected chi connectivity index (χ0v) is 17.0. The zero-order valence-electron chi connectivity index (χ0n) is 17.0. The lowest BCUT2D eigenvalue weighted by atomic mass is 9.79. The molecule has 2 saturated carbocycles. The summed E-state index contributed by atoms with van der Waals surface area (Å²) in [7, 11) is 4.10. The molecule has 0 N–H and O–H groups in total. The molecule has 4 aliphatic rings. The second-order valence-electron chi connectivity index (χ2n) is 9.34. The molecule has 0 amide bonds. The first kappa shape index (κ1) is 17.8. The Morgan fingerprint density at radius 2 is 1.89 bits per heavy atom. The van der Waals surface area contributed by atoms with Gasteiger partial charge in [0.25, 0.3) is 0 Å². The maximum Gasteiger partial charge on any atom is 0.161 e. The average molecular weight is 371 g/mol. The molecule has 0 aromatic heterocycles. The van der Waals surface area contributed by atoms with E-state index in [4.69, 9.17) is 9.47 Å². The van der Waals surface area contributed by atoms with Crippen LogP contribution in [0.2, 0.25) is 0 Å². The van der Waals surface area contributed by atoms with E-state index in [0.29, 0.717) is 6.04 Å². The molecule has 4 nitrogen and oxygen atoms in total. The smallest absolute Gasteiger partial charge is 0.161 e. The van der Waals surface area contributed by atoms with Crippen molar-refractivity contribution in [3.05, 3.63) is 23.3 Å². The summed E-state index contributed by atoms with van der Waals surface area (Å²) >= 11 is 0. The number of likely N-dealkylation sites (N-methyl/N-ethyl adjacent to an activating group) is 1. The van der Waals surface area contributed by atoms with Crippen LogP contribution in [0, 0.1) is 11.8 Å². The van der Waals surface area contributed by atoms with Gasteiger partial charge in [0.15, 0.2) is 11.5 Å². The van der Waals surface area contributed by atoms with Crippen molar-refractivity contribution in [2.75, 3.05) is 40.4 Å². The minimum Gasteiger partial charge on any atom is -0.493 e. The number of piperazine rings is 1. The lowest BCUT2D eigenvalue weighted by Gasteiger charge is -2.49. The Morgan fingerprint density at radius 3 is 2.59 bits per heavy atom. The number of fused-ring (bicyclic) bond motifs is 3. The van der Waals surface area contributed by atoms with Crippen LogP contribution in [0.1, 0.15) is 55.7 Å². The molecule has 2 aliphatic carbocycles. The highest BCUT2D eigenvalue weighted by molar-refractivity contribution is 5.49. The first-order valence-electron chi connectivity index (χ1n) is 11.0. The lowest BCUT2D eigenvalue weighted by Crippen LogP contribution is -2.55. The summed E-state index contributed by atoms with van der Waals surface area (Å²) in [6.45, 7) is 4.38. The van der Waals surface area contributed by atoms with Crippen molar-refractivity contribution in [3.63, 3.8) is 0 Å². The quantitative estimate of drug-likeness (QED) is 0.758. The van der Waals surface area contributed by atoms with E-state index in [0.717, 1.165) is 48.9 Å². The van der Waals surface area contributed by atoms with Crippen LogP contribution in [0.3, 0.4) is 0 Å². The lowest BCUT2D eigenvalue weighted by molar-refractivity contribution is 0.0217. The Morgan fingerprint density at radius 1 is 1.04 bits per heavy atom. The topological polar surface area (TPSA) is 24.9 Å². The fraction of sp³-hybridized carbons (Fsp3) is 0.739. The Labute approximate surface area is 163 Å². The molecule has 3 fully saturated rings. The van der Waals surface area contributed by atoms with E-state index in [1.165, 1.54) is 62.7 Å². The van der Waals surface area contributed by atoms with Gasteiger partial charge in [-0.25, -0.2) is 0 Å². The van der Waals surface area contributed by atoms with Crippen LogP contribution < -0.4 is 9.47 Å². The average Bonchev–Trinajstić information content (AvgIpc) is 3.47. The maximum atomic E-state index is 6.11. The number of nitrogens with zero attached hydrogens (tertiary/aromatic N) is 2. The van der Waals surface area contributed by atoms with Gasteiger partial charge in [0.05, 0.1) is 13.7 Å². The number of hydrogen-bond acceptors (Lipinski definition) is 4. The molecule has 0 radical (unpaired) electrons.